The van der Waals surface area contributed by atoms with E-state index in [1.807, 2.05) is 6.92 Å². The molecule has 1 amide bonds. The largest absolute Gasteiger partial charge is 0.481 e. The molecule has 0 saturated carbocycles. The second-order valence-electron chi connectivity index (χ2n) is 3.39. The van der Waals surface area contributed by atoms with Crippen LogP contribution >= 0.6 is 0 Å². The lowest BCUT2D eigenvalue weighted by atomic mass is 10.3. The highest BCUT2D eigenvalue weighted by Crippen LogP contribution is 2.03. The second kappa shape index (κ2) is 5.29. The fraction of sp³-hybridized carbons (Fsp3) is 0.500. The Morgan fingerprint density at radius 2 is 2.25 bits per heavy atom. The third-order valence-corrected chi connectivity index (χ3v) is 2.06. The first-order valence-corrected chi connectivity index (χ1v) is 5.09. The smallest absolute Gasteiger partial charge is 0.305 e. The Balaban J connectivity index is 2.61. The monoisotopic (exact) mass is 225 g/mol. The maximum Gasteiger partial charge on any atom is 0.305 e. The molecule has 16 heavy (non-hydrogen) atoms. The molecule has 0 aliphatic rings. The molecule has 1 heterocycles. The predicted octanol–water partition coefficient (Wildman–Crippen LogP) is 0.416. The predicted molar refractivity (Wildman–Crippen MR) is 57.2 cm³/mol. The van der Waals surface area contributed by atoms with E-state index < -0.39 is 5.97 Å². The van der Waals surface area contributed by atoms with Crippen LogP contribution in [0.5, 0.6) is 0 Å². The minimum atomic E-state index is -0.930. The number of aliphatic carboxylic acids is 1. The zero-order valence-electron chi connectivity index (χ0n) is 9.36. The maximum atomic E-state index is 11.7. The quantitative estimate of drug-likeness (QED) is 0.760. The van der Waals surface area contributed by atoms with Crippen molar-refractivity contribution in [3.8, 4) is 0 Å². The Morgan fingerprint density at radius 1 is 1.56 bits per heavy atom. The Bertz CT molecular complexity index is 398. The van der Waals surface area contributed by atoms with Gasteiger partial charge in [-0.15, -0.1) is 0 Å². The third kappa shape index (κ3) is 3.08. The van der Waals surface area contributed by atoms with Gasteiger partial charge in [0.05, 0.1) is 12.1 Å². The van der Waals surface area contributed by atoms with Gasteiger partial charge in [-0.05, 0) is 19.9 Å². The van der Waals surface area contributed by atoms with E-state index in [4.69, 9.17) is 5.11 Å². The number of nitrogens with zero attached hydrogens (tertiary/aromatic N) is 2. The molecule has 0 bridgehead atoms. The number of aromatic nitrogens is 2. The molecule has 0 aliphatic carbocycles. The van der Waals surface area contributed by atoms with Crippen LogP contribution in [0.1, 0.15) is 29.5 Å². The lowest BCUT2D eigenvalue weighted by Crippen LogP contribution is -2.28. The molecule has 1 rings (SSSR count). The molecule has 0 aliphatic heterocycles. The SMILES string of the molecule is CCn1nc(C)cc1C(=O)NCCC(=O)O. The van der Waals surface area contributed by atoms with E-state index in [0.717, 1.165) is 5.69 Å². The number of carboxylic acids is 1. The van der Waals surface area contributed by atoms with Crippen molar-refractivity contribution in [3.63, 3.8) is 0 Å². The maximum absolute atomic E-state index is 11.7. The molecule has 0 spiro atoms. The van der Waals surface area contributed by atoms with Crippen molar-refractivity contribution in [1.82, 2.24) is 15.1 Å². The molecular weight excluding hydrogens is 210 g/mol. The van der Waals surface area contributed by atoms with E-state index in [-0.39, 0.29) is 18.9 Å². The van der Waals surface area contributed by atoms with Gasteiger partial charge in [-0.1, -0.05) is 0 Å². The number of hydrogen-bond donors (Lipinski definition) is 2. The lowest BCUT2D eigenvalue weighted by molar-refractivity contribution is -0.136. The van der Waals surface area contributed by atoms with Crippen LogP contribution < -0.4 is 5.32 Å². The topological polar surface area (TPSA) is 84.2 Å². The van der Waals surface area contributed by atoms with Gasteiger partial charge in [0.25, 0.3) is 5.91 Å². The van der Waals surface area contributed by atoms with Crippen LogP contribution in [0, 0.1) is 6.92 Å². The van der Waals surface area contributed by atoms with Gasteiger partial charge >= 0.3 is 5.97 Å². The summed E-state index contributed by atoms with van der Waals surface area (Å²) in [6, 6.07) is 1.68. The molecule has 2 N–H and O–H groups in total. The molecule has 88 valence electrons. The van der Waals surface area contributed by atoms with Gasteiger partial charge in [0.15, 0.2) is 0 Å². The lowest BCUT2D eigenvalue weighted by Gasteiger charge is -2.04. The van der Waals surface area contributed by atoms with Crippen LogP contribution in [0.2, 0.25) is 0 Å². The Kier molecular flexibility index (Phi) is 4.04. The fourth-order valence-electron chi connectivity index (χ4n) is 1.34. The van der Waals surface area contributed by atoms with Crippen molar-refractivity contribution in [1.29, 1.82) is 0 Å². The van der Waals surface area contributed by atoms with Crippen LogP contribution in [0.3, 0.4) is 0 Å². The first-order valence-electron chi connectivity index (χ1n) is 5.09. The number of carbonyl (C=O) groups is 2. The van der Waals surface area contributed by atoms with E-state index in [1.54, 1.807) is 17.7 Å². The third-order valence-electron chi connectivity index (χ3n) is 2.06. The summed E-state index contributed by atoms with van der Waals surface area (Å²) in [5.74, 6) is -1.22. The van der Waals surface area contributed by atoms with Crippen molar-refractivity contribution in [3.05, 3.63) is 17.5 Å². The van der Waals surface area contributed by atoms with Gasteiger partial charge in [0, 0.05) is 13.1 Å². The average Bonchev–Trinajstić information content (AvgIpc) is 2.59. The Labute approximate surface area is 93.3 Å². The molecule has 0 fully saturated rings. The normalized spacial score (nSPS) is 10.1. The molecule has 6 heteroatoms. The summed E-state index contributed by atoms with van der Waals surface area (Å²) in [4.78, 5) is 21.9. The summed E-state index contributed by atoms with van der Waals surface area (Å²) in [7, 11) is 0. The van der Waals surface area contributed by atoms with Crippen molar-refractivity contribution in [2.45, 2.75) is 26.8 Å². The summed E-state index contributed by atoms with van der Waals surface area (Å²) >= 11 is 0. The van der Waals surface area contributed by atoms with E-state index in [2.05, 4.69) is 10.4 Å². The molecule has 0 unspecified atom stereocenters. The second-order valence-corrected chi connectivity index (χ2v) is 3.39. The highest BCUT2D eigenvalue weighted by Gasteiger charge is 2.12. The highest BCUT2D eigenvalue weighted by atomic mass is 16.4. The zero-order chi connectivity index (χ0) is 12.1. The van der Waals surface area contributed by atoms with Gasteiger partial charge < -0.3 is 10.4 Å². The van der Waals surface area contributed by atoms with Gasteiger partial charge in [-0.25, -0.2) is 0 Å². The average molecular weight is 225 g/mol. The van der Waals surface area contributed by atoms with E-state index in [1.165, 1.54) is 0 Å². The van der Waals surface area contributed by atoms with Gasteiger partial charge in [0.2, 0.25) is 0 Å². The number of hydrogen-bond acceptors (Lipinski definition) is 3. The van der Waals surface area contributed by atoms with Crippen LogP contribution in [0.15, 0.2) is 6.07 Å². The van der Waals surface area contributed by atoms with Crippen molar-refractivity contribution >= 4 is 11.9 Å². The molecule has 1 aromatic rings. The van der Waals surface area contributed by atoms with Crippen molar-refractivity contribution < 1.29 is 14.7 Å². The number of aryl methyl sites for hydroxylation is 2. The first-order chi connectivity index (χ1) is 7.54. The van der Waals surface area contributed by atoms with Crippen molar-refractivity contribution in [2.75, 3.05) is 6.54 Å². The van der Waals surface area contributed by atoms with Gasteiger partial charge in [-0.3, -0.25) is 14.3 Å². The van der Waals surface area contributed by atoms with E-state index in [0.29, 0.717) is 12.2 Å². The molecule has 0 aromatic carbocycles. The number of rotatable bonds is 5. The molecule has 6 nitrogen and oxygen atoms in total. The number of amides is 1. The summed E-state index contributed by atoms with van der Waals surface area (Å²) < 4.78 is 1.59. The van der Waals surface area contributed by atoms with Gasteiger partial charge in [0.1, 0.15) is 5.69 Å². The molecule has 0 atom stereocenters. The first kappa shape index (κ1) is 12.2. The van der Waals surface area contributed by atoms with E-state index >= 15 is 0 Å². The Morgan fingerprint density at radius 3 is 2.81 bits per heavy atom. The van der Waals surface area contributed by atoms with Crippen LogP contribution in [-0.2, 0) is 11.3 Å². The Hall–Kier alpha value is -1.85. The minimum absolute atomic E-state index is 0.0784. The standard InChI is InChI=1S/C10H15N3O3/c1-3-13-8(6-7(2)12-13)10(16)11-5-4-9(14)15/h6H,3-5H2,1-2H3,(H,11,16)(H,14,15). The number of carbonyl (C=O) groups excluding carboxylic acids is 1. The van der Waals surface area contributed by atoms with Gasteiger partial charge in [-0.2, -0.15) is 5.10 Å². The number of carboxylic acid groups (broad SMARTS) is 1. The minimum Gasteiger partial charge on any atom is -0.481 e. The fourth-order valence-corrected chi connectivity index (χ4v) is 1.34. The number of nitrogens with one attached hydrogen (secondary N) is 1. The zero-order valence-corrected chi connectivity index (χ0v) is 9.36. The molecule has 0 saturated heterocycles. The molecule has 1 aromatic heterocycles. The molecule has 0 radical (unpaired) electrons. The molecular formula is C10H15N3O3. The van der Waals surface area contributed by atoms with Crippen LogP contribution in [0.25, 0.3) is 0 Å². The van der Waals surface area contributed by atoms with Crippen molar-refractivity contribution in [2.24, 2.45) is 0 Å². The highest BCUT2D eigenvalue weighted by molar-refractivity contribution is 5.92. The summed E-state index contributed by atoms with van der Waals surface area (Å²) in [6.45, 7) is 4.43. The summed E-state index contributed by atoms with van der Waals surface area (Å²) in [5, 5.41) is 15.1. The van der Waals surface area contributed by atoms with Crippen LogP contribution in [-0.4, -0.2) is 33.3 Å². The summed E-state index contributed by atoms with van der Waals surface area (Å²) in [5.41, 5.74) is 1.23. The summed E-state index contributed by atoms with van der Waals surface area (Å²) in [6.07, 6.45) is -0.0784. The van der Waals surface area contributed by atoms with E-state index in [9.17, 15) is 9.59 Å². The van der Waals surface area contributed by atoms with Crippen LogP contribution in [0.4, 0.5) is 0 Å².